The molecular formula is C21H34N4. The Labute approximate surface area is 153 Å². The fourth-order valence-electron chi connectivity index (χ4n) is 3.69. The van der Waals surface area contributed by atoms with Gasteiger partial charge in [0, 0.05) is 38.1 Å². The van der Waals surface area contributed by atoms with Gasteiger partial charge in [-0.3, -0.25) is 4.99 Å². The minimum Gasteiger partial charge on any atom is -0.357 e. The largest absolute Gasteiger partial charge is 0.357 e. The van der Waals surface area contributed by atoms with Gasteiger partial charge < -0.3 is 15.5 Å². The van der Waals surface area contributed by atoms with Crippen LogP contribution in [0.2, 0.25) is 0 Å². The normalized spacial score (nSPS) is 22.8. The van der Waals surface area contributed by atoms with E-state index in [1.807, 2.05) is 0 Å². The van der Waals surface area contributed by atoms with Gasteiger partial charge in [-0.05, 0) is 51.1 Å². The van der Waals surface area contributed by atoms with Crippen LogP contribution in [0.5, 0.6) is 0 Å². The van der Waals surface area contributed by atoms with E-state index >= 15 is 0 Å². The monoisotopic (exact) mass is 342 g/mol. The minimum absolute atomic E-state index is 0.437. The van der Waals surface area contributed by atoms with Gasteiger partial charge in [-0.25, -0.2) is 0 Å². The van der Waals surface area contributed by atoms with E-state index in [9.17, 15) is 0 Å². The van der Waals surface area contributed by atoms with Crippen molar-refractivity contribution in [2.45, 2.75) is 52.0 Å². The van der Waals surface area contributed by atoms with Gasteiger partial charge in [-0.1, -0.05) is 36.8 Å². The van der Waals surface area contributed by atoms with Crippen LogP contribution in [0, 0.1) is 12.8 Å². The van der Waals surface area contributed by atoms with Crippen molar-refractivity contribution in [1.82, 2.24) is 15.5 Å². The summed E-state index contributed by atoms with van der Waals surface area (Å²) in [5.74, 6) is 2.16. The predicted octanol–water partition coefficient (Wildman–Crippen LogP) is 3.14. The molecule has 2 unspecified atom stereocenters. The molecule has 1 saturated carbocycles. The number of rotatable bonds is 7. The summed E-state index contributed by atoms with van der Waals surface area (Å²) in [7, 11) is 0. The molecule has 2 aliphatic rings. The second kappa shape index (κ2) is 8.70. The number of hydrogen-bond acceptors (Lipinski definition) is 2. The van der Waals surface area contributed by atoms with Crippen molar-refractivity contribution in [2.75, 3.05) is 32.7 Å². The average Bonchev–Trinajstić information content (AvgIpc) is 3.35. The summed E-state index contributed by atoms with van der Waals surface area (Å²) in [5, 5.41) is 6.97. The van der Waals surface area contributed by atoms with Crippen LogP contribution in [0.4, 0.5) is 0 Å². The van der Waals surface area contributed by atoms with Gasteiger partial charge in [-0.2, -0.15) is 0 Å². The molecule has 138 valence electrons. The van der Waals surface area contributed by atoms with Gasteiger partial charge >= 0.3 is 0 Å². The van der Waals surface area contributed by atoms with E-state index in [0.29, 0.717) is 5.92 Å². The third-order valence-electron chi connectivity index (χ3n) is 5.42. The Balaban J connectivity index is 1.48. The second-order valence-corrected chi connectivity index (χ2v) is 7.80. The summed E-state index contributed by atoms with van der Waals surface area (Å²) in [4.78, 5) is 7.50. The zero-order valence-corrected chi connectivity index (χ0v) is 16.1. The second-order valence-electron chi connectivity index (χ2n) is 7.80. The molecule has 2 N–H and O–H groups in total. The van der Waals surface area contributed by atoms with Crippen LogP contribution in [0.3, 0.4) is 0 Å². The van der Waals surface area contributed by atoms with Gasteiger partial charge in [-0.15, -0.1) is 0 Å². The highest BCUT2D eigenvalue weighted by molar-refractivity contribution is 5.79. The molecule has 1 saturated heterocycles. The average molecular weight is 343 g/mol. The van der Waals surface area contributed by atoms with Gasteiger partial charge in [0.25, 0.3) is 0 Å². The molecule has 2 fully saturated rings. The number of guanidine groups is 1. The van der Waals surface area contributed by atoms with Crippen LogP contribution in [0.1, 0.15) is 50.2 Å². The van der Waals surface area contributed by atoms with Gasteiger partial charge in [0.2, 0.25) is 0 Å². The molecule has 2 atom stereocenters. The van der Waals surface area contributed by atoms with Gasteiger partial charge in [0.1, 0.15) is 0 Å². The molecule has 25 heavy (non-hydrogen) atoms. The molecule has 1 aliphatic heterocycles. The lowest BCUT2D eigenvalue weighted by Gasteiger charge is -2.17. The van der Waals surface area contributed by atoms with Crippen molar-refractivity contribution in [2.24, 2.45) is 10.9 Å². The first kappa shape index (κ1) is 18.2. The van der Waals surface area contributed by atoms with Crippen molar-refractivity contribution in [3.8, 4) is 0 Å². The van der Waals surface area contributed by atoms with Crippen LogP contribution in [-0.2, 0) is 0 Å². The topological polar surface area (TPSA) is 39.7 Å². The molecule has 4 nitrogen and oxygen atoms in total. The van der Waals surface area contributed by atoms with Crippen molar-refractivity contribution in [3.05, 3.63) is 35.4 Å². The van der Waals surface area contributed by atoms with E-state index in [-0.39, 0.29) is 0 Å². The Morgan fingerprint density at radius 3 is 2.84 bits per heavy atom. The maximum absolute atomic E-state index is 4.83. The smallest absolute Gasteiger partial charge is 0.191 e. The third kappa shape index (κ3) is 5.46. The van der Waals surface area contributed by atoms with Crippen molar-refractivity contribution >= 4 is 5.96 Å². The third-order valence-corrected chi connectivity index (χ3v) is 5.42. The van der Waals surface area contributed by atoms with Crippen molar-refractivity contribution in [1.29, 1.82) is 0 Å². The van der Waals surface area contributed by atoms with Crippen molar-refractivity contribution < 1.29 is 0 Å². The van der Waals surface area contributed by atoms with E-state index < -0.39 is 0 Å². The Bertz CT molecular complexity index is 579. The Kier molecular flexibility index (Phi) is 6.35. The van der Waals surface area contributed by atoms with E-state index in [4.69, 9.17) is 4.99 Å². The summed E-state index contributed by atoms with van der Waals surface area (Å²) in [6, 6.07) is 9.67. The first-order valence-electron chi connectivity index (χ1n) is 9.98. The molecule has 0 spiro atoms. The van der Waals surface area contributed by atoms with E-state index in [1.165, 1.54) is 43.5 Å². The molecule has 3 rings (SSSR count). The summed E-state index contributed by atoms with van der Waals surface area (Å²) in [6.45, 7) is 11.8. The standard InChI is InChI=1S/C21H34N4/c1-4-22-21(23-13-17(3)19-7-5-6-16(2)12-19)24-14-18-10-11-25(15-18)20-8-9-20/h5-7,12,17-18,20H,4,8-11,13-15H2,1-3H3,(H2,22,23,24). The number of hydrogen-bond donors (Lipinski definition) is 2. The molecular weight excluding hydrogens is 308 g/mol. The Morgan fingerprint density at radius 2 is 2.12 bits per heavy atom. The molecule has 1 aromatic carbocycles. The first-order valence-corrected chi connectivity index (χ1v) is 9.98. The highest BCUT2D eigenvalue weighted by atomic mass is 15.2. The highest BCUT2D eigenvalue weighted by Gasteiger charge is 2.34. The highest BCUT2D eigenvalue weighted by Crippen LogP contribution is 2.31. The quantitative estimate of drug-likeness (QED) is 0.591. The van der Waals surface area contributed by atoms with Crippen LogP contribution in [0.15, 0.2) is 29.3 Å². The molecule has 0 bridgehead atoms. The fraction of sp³-hybridized carbons (Fsp3) is 0.667. The van der Waals surface area contributed by atoms with E-state index in [2.05, 4.69) is 60.6 Å². The number of aryl methyl sites for hydroxylation is 1. The molecule has 1 aromatic rings. The van der Waals surface area contributed by atoms with Crippen LogP contribution >= 0.6 is 0 Å². The zero-order chi connectivity index (χ0) is 17.6. The van der Waals surface area contributed by atoms with Crippen molar-refractivity contribution in [3.63, 3.8) is 0 Å². The lowest BCUT2D eigenvalue weighted by atomic mass is 10.00. The molecule has 1 heterocycles. The number of nitrogens with zero attached hydrogens (tertiary/aromatic N) is 2. The Morgan fingerprint density at radius 1 is 1.28 bits per heavy atom. The lowest BCUT2D eigenvalue weighted by molar-refractivity contribution is 0.314. The van der Waals surface area contributed by atoms with Crippen LogP contribution in [-0.4, -0.2) is 49.6 Å². The number of aliphatic imine (C=N–C) groups is 1. The lowest BCUT2D eigenvalue weighted by Crippen LogP contribution is -2.40. The number of likely N-dealkylation sites (tertiary alicyclic amines) is 1. The molecule has 0 amide bonds. The zero-order valence-electron chi connectivity index (χ0n) is 16.1. The maximum atomic E-state index is 4.83. The minimum atomic E-state index is 0.437. The maximum Gasteiger partial charge on any atom is 0.191 e. The Hall–Kier alpha value is -1.55. The summed E-state index contributed by atoms with van der Waals surface area (Å²) >= 11 is 0. The molecule has 1 aliphatic carbocycles. The SMILES string of the molecule is CCNC(=NCC(C)c1cccc(C)c1)NCC1CCN(C2CC2)C1. The first-order chi connectivity index (χ1) is 12.2. The van der Waals surface area contributed by atoms with E-state index in [1.54, 1.807) is 0 Å². The summed E-state index contributed by atoms with van der Waals surface area (Å²) in [5.41, 5.74) is 2.69. The fourth-order valence-corrected chi connectivity index (χ4v) is 3.69. The van der Waals surface area contributed by atoms with Gasteiger partial charge in [0.15, 0.2) is 5.96 Å². The summed E-state index contributed by atoms with van der Waals surface area (Å²) < 4.78 is 0. The predicted molar refractivity (Wildman–Crippen MR) is 106 cm³/mol. The van der Waals surface area contributed by atoms with E-state index in [0.717, 1.165) is 37.6 Å². The number of nitrogens with one attached hydrogen (secondary N) is 2. The summed E-state index contributed by atoms with van der Waals surface area (Å²) in [6.07, 6.45) is 4.16. The van der Waals surface area contributed by atoms with Gasteiger partial charge in [0.05, 0.1) is 0 Å². The van der Waals surface area contributed by atoms with Crippen LogP contribution < -0.4 is 10.6 Å². The molecule has 0 radical (unpaired) electrons. The molecule has 4 heteroatoms. The number of benzene rings is 1. The van der Waals surface area contributed by atoms with Crippen LogP contribution in [0.25, 0.3) is 0 Å². The molecule has 0 aromatic heterocycles.